The third-order valence-electron chi connectivity index (χ3n) is 6.97. The molecule has 3 aromatic heterocycles. The zero-order valence-corrected chi connectivity index (χ0v) is 21.3. The number of rotatable bonds is 6. The summed E-state index contributed by atoms with van der Waals surface area (Å²) in [5.41, 5.74) is 6.46. The molecule has 0 saturated carbocycles. The molecule has 0 spiro atoms. The van der Waals surface area contributed by atoms with E-state index < -0.39 is 23.8 Å². The van der Waals surface area contributed by atoms with Crippen molar-refractivity contribution in [2.45, 2.75) is 45.4 Å². The molecule has 1 fully saturated rings. The molecule has 0 radical (unpaired) electrons. The molecule has 38 heavy (non-hydrogen) atoms. The van der Waals surface area contributed by atoms with E-state index in [1.165, 1.54) is 7.11 Å². The quantitative estimate of drug-likeness (QED) is 0.369. The number of ether oxygens (including phenoxy) is 1. The molecule has 0 bridgehead atoms. The predicted octanol–water partition coefficient (Wildman–Crippen LogP) is 0.948. The number of methoxy groups -OCH3 is 1. The minimum absolute atomic E-state index is 0.0336. The molecule has 0 amide bonds. The predicted molar refractivity (Wildman–Crippen MR) is 141 cm³/mol. The van der Waals surface area contributed by atoms with Gasteiger partial charge in [0.05, 0.1) is 24.7 Å². The molecule has 0 aliphatic carbocycles. The van der Waals surface area contributed by atoms with E-state index in [2.05, 4.69) is 16.0 Å². The number of hydrogen-bond acceptors (Lipinski definition) is 9. The number of imidazole rings is 1. The van der Waals surface area contributed by atoms with Gasteiger partial charge in [0.1, 0.15) is 12.6 Å². The maximum atomic E-state index is 13.9. The van der Waals surface area contributed by atoms with Gasteiger partial charge in [-0.25, -0.2) is 4.79 Å². The highest BCUT2D eigenvalue weighted by molar-refractivity contribution is 5.85. The molecule has 12 heteroatoms. The number of nitrogens with two attached hydrogens (primary N) is 1. The van der Waals surface area contributed by atoms with Crippen LogP contribution in [0.1, 0.15) is 30.9 Å². The summed E-state index contributed by atoms with van der Waals surface area (Å²) in [4.78, 5) is 50.9. The number of aryl methyl sites for hydroxylation is 1. The number of esters is 1. The Balaban J connectivity index is 1.75. The summed E-state index contributed by atoms with van der Waals surface area (Å²) < 4.78 is 8.78. The Morgan fingerprint density at radius 1 is 1.24 bits per heavy atom. The van der Waals surface area contributed by atoms with Crippen LogP contribution in [0, 0.1) is 11.3 Å². The first kappa shape index (κ1) is 25.2. The first-order valence-electron chi connectivity index (χ1n) is 12.5. The first-order chi connectivity index (χ1) is 18.4. The van der Waals surface area contributed by atoms with Crippen molar-refractivity contribution in [1.29, 1.82) is 5.26 Å². The van der Waals surface area contributed by atoms with Crippen LogP contribution in [-0.4, -0.2) is 55.9 Å². The highest BCUT2D eigenvalue weighted by Gasteiger charge is 2.27. The van der Waals surface area contributed by atoms with Gasteiger partial charge < -0.3 is 19.9 Å². The van der Waals surface area contributed by atoms with Crippen LogP contribution in [0.15, 0.2) is 40.1 Å². The smallest absolute Gasteiger partial charge is 0.333 e. The van der Waals surface area contributed by atoms with Gasteiger partial charge in [0.15, 0.2) is 11.2 Å². The van der Waals surface area contributed by atoms with E-state index in [4.69, 9.17) is 10.5 Å². The van der Waals surface area contributed by atoms with Crippen molar-refractivity contribution in [1.82, 2.24) is 23.7 Å². The van der Waals surface area contributed by atoms with Crippen LogP contribution in [0.4, 0.5) is 5.95 Å². The Hall–Kier alpha value is -4.50. The lowest BCUT2D eigenvalue weighted by molar-refractivity contribution is -0.141. The molecule has 196 valence electrons. The fourth-order valence-electron chi connectivity index (χ4n) is 5.10. The number of aromatic nitrogens is 5. The summed E-state index contributed by atoms with van der Waals surface area (Å²) in [5, 5.41) is 10.7. The Morgan fingerprint density at radius 2 is 2.05 bits per heavy atom. The van der Waals surface area contributed by atoms with Gasteiger partial charge in [0.25, 0.3) is 5.56 Å². The van der Waals surface area contributed by atoms with Crippen molar-refractivity contribution in [2.75, 3.05) is 25.1 Å². The van der Waals surface area contributed by atoms with Crippen molar-refractivity contribution < 1.29 is 9.53 Å². The molecule has 4 heterocycles. The van der Waals surface area contributed by atoms with E-state index in [1.54, 1.807) is 29.0 Å². The van der Waals surface area contributed by atoms with Crippen LogP contribution in [-0.2, 0) is 29.2 Å². The van der Waals surface area contributed by atoms with Gasteiger partial charge in [0, 0.05) is 37.3 Å². The highest BCUT2D eigenvalue weighted by atomic mass is 16.5. The Labute approximate surface area is 217 Å². The molecule has 1 saturated heterocycles. The van der Waals surface area contributed by atoms with Crippen molar-refractivity contribution >= 4 is 34.0 Å². The van der Waals surface area contributed by atoms with E-state index >= 15 is 0 Å². The van der Waals surface area contributed by atoms with Crippen LogP contribution in [0.2, 0.25) is 0 Å². The Morgan fingerprint density at radius 3 is 2.76 bits per heavy atom. The molecular weight excluding hydrogens is 488 g/mol. The van der Waals surface area contributed by atoms with Gasteiger partial charge in [-0.05, 0) is 31.4 Å². The van der Waals surface area contributed by atoms with Gasteiger partial charge in [-0.2, -0.15) is 10.2 Å². The number of pyridine rings is 1. The van der Waals surface area contributed by atoms with E-state index in [9.17, 15) is 19.6 Å². The molecule has 1 unspecified atom stereocenters. The van der Waals surface area contributed by atoms with Gasteiger partial charge in [-0.1, -0.05) is 18.2 Å². The Kier molecular flexibility index (Phi) is 6.69. The third kappa shape index (κ3) is 4.20. The molecule has 4 aromatic rings. The van der Waals surface area contributed by atoms with Gasteiger partial charge in [-0.3, -0.25) is 23.7 Å². The molecule has 1 aromatic carbocycles. The average molecular weight is 517 g/mol. The topological polar surface area (TPSA) is 154 Å². The number of anilines is 1. The van der Waals surface area contributed by atoms with Crippen molar-refractivity contribution in [3.05, 3.63) is 62.4 Å². The second-order valence-electron chi connectivity index (χ2n) is 9.30. The van der Waals surface area contributed by atoms with Crippen LogP contribution >= 0.6 is 0 Å². The van der Waals surface area contributed by atoms with Crippen LogP contribution in [0.3, 0.4) is 0 Å². The van der Waals surface area contributed by atoms with Crippen molar-refractivity contribution in [2.24, 2.45) is 5.73 Å². The molecular formula is C26H28N8O4. The van der Waals surface area contributed by atoms with Gasteiger partial charge in [-0.15, -0.1) is 0 Å². The number of nitrogens with zero attached hydrogens (tertiary/aromatic N) is 7. The monoisotopic (exact) mass is 516 g/mol. The van der Waals surface area contributed by atoms with Crippen LogP contribution in [0.5, 0.6) is 0 Å². The number of carbonyl (C=O) groups excluding carboxylic acids is 1. The highest BCUT2D eigenvalue weighted by Crippen LogP contribution is 2.24. The van der Waals surface area contributed by atoms with Crippen LogP contribution < -0.4 is 21.9 Å². The lowest BCUT2D eigenvalue weighted by Crippen LogP contribution is -2.44. The summed E-state index contributed by atoms with van der Waals surface area (Å²) in [6, 6.07) is 9.24. The van der Waals surface area contributed by atoms with E-state index in [0.29, 0.717) is 36.7 Å². The standard InChI is InChI=1S/C26H28N8O4/c1-3-32-22-23(30-25(32)31-11-5-7-18(28)14-31)33(15-20(35)38-2)26(37)34(24(22)36)13-17-9-8-16-6-4-10-29-21(16)19(17)12-27/h4,6,8-10,18H,3,5,7,11,13-15,28H2,1-2H3. The van der Waals surface area contributed by atoms with Gasteiger partial charge >= 0.3 is 11.7 Å². The zero-order valence-electron chi connectivity index (χ0n) is 21.3. The fraction of sp³-hybridized carbons (Fsp3) is 0.385. The maximum absolute atomic E-state index is 13.9. The number of carbonyl (C=O) groups is 1. The number of nitriles is 1. The molecule has 1 aliphatic heterocycles. The zero-order chi connectivity index (χ0) is 27.0. The fourth-order valence-corrected chi connectivity index (χ4v) is 5.10. The second kappa shape index (κ2) is 10.1. The molecule has 12 nitrogen and oxygen atoms in total. The third-order valence-corrected chi connectivity index (χ3v) is 6.97. The van der Waals surface area contributed by atoms with Crippen molar-refractivity contribution in [3.8, 4) is 6.07 Å². The summed E-state index contributed by atoms with van der Waals surface area (Å²) >= 11 is 0. The molecule has 1 atom stereocenters. The largest absolute Gasteiger partial charge is 0.468 e. The molecule has 5 rings (SSSR count). The Bertz CT molecular complexity index is 1710. The molecule has 2 N–H and O–H groups in total. The normalized spacial score (nSPS) is 15.6. The minimum Gasteiger partial charge on any atom is -0.468 e. The minimum atomic E-state index is -0.722. The summed E-state index contributed by atoms with van der Waals surface area (Å²) in [6.07, 6.45) is 3.35. The van der Waals surface area contributed by atoms with E-state index in [1.807, 2.05) is 17.9 Å². The number of benzene rings is 1. The lowest BCUT2D eigenvalue weighted by atomic mass is 10.0. The maximum Gasteiger partial charge on any atom is 0.333 e. The number of hydrogen-bond donors (Lipinski definition) is 1. The lowest BCUT2D eigenvalue weighted by Gasteiger charge is -2.31. The van der Waals surface area contributed by atoms with Crippen LogP contribution in [0.25, 0.3) is 22.1 Å². The summed E-state index contributed by atoms with van der Waals surface area (Å²) in [6.45, 7) is 2.97. The van der Waals surface area contributed by atoms with Gasteiger partial charge in [0.2, 0.25) is 5.95 Å². The van der Waals surface area contributed by atoms with E-state index in [-0.39, 0.29) is 29.3 Å². The molecule has 1 aliphatic rings. The summed E-state index contributed by atoms with van der Waals surface area (Å²) in [7, 11) is 1.23. The first-order valence-corrected chi connectivity index (χ1v) is 12.5. The number of piperidine rings is 1. The second-order valence-corrected chi connectivity index (χ2v) is 9.30. The average Bonchev–Trinajstić information content (AvgIpc) is 3.32. The number of fused-ring (bicyclic) bond motifs is 2. The van der Waals surface area contributed by atoms with Crippen molar-refractivity contribution in [3.63, 3.8) is 0 Å². The SMILES string of the molecule is CCn1c(N2CCCC(N)C2)nc2c1c(=O)n(Cc1ccc3cccnc3c1C#N)c(=O)n2CC(=O)OC. The summed E-state index contributed by atoms with van der Waals surface area (Å²) in [5.74, 6) is -0.128. The van der Waals surface area contributed by atoms with E-state index in [0.717, 1.165) is 27.4 Å².